The average molecular weight is 281 g/mol. The van der Waals surface area contributed by atoms with Crippen molar-refractivity contribution in [1.82, 2.24) is 10.3 Å². The van der Waals surface area contributed by atoms with Gasteiger partial charge < -0.3 is 14.8 Å². The van der Waals surface area contributed by atoms with Crippen LogP contribution < -0.4 is 5.32 Å². The van der Waals surface area contributed by atoms with Crippen LogP contribution in [-0.4, -0.2) is 22.5 Å². The fourth-order valence-electron chi connectivity index (χ4n) is 1.65. The van der Waals surface area contributed by atoms with E-state index in [1.54, 1.807) is 31.2 Å². The summed E-state index contributed by atoms with van der Waals surface area (Å²) >= 11 is 5.96. The van der Waals surface area contributed by atoms with Crippen molar-refractivity contribution in [3.63, 3.8) is 0 Å². The van der Waals surface area contributed by atoms with Gasteiger partial charge in [-0.1, -0.05) is 29.8 Å². The molecule has 0 radical (unpaired) electrons. The molecule has 1 unspecified atom stereocenters. The normalized spacial score (nSPS) is 12.2. The summed E-state index contributed by atoms with van der Waals surface area (Å²) in [6.07, 6.45) is 0.333. The standard InChI is InChI=1S/C13H13ClN2O3/c1-8-12(16-7-19-8)13(18)15-6-11(17)9-4-2-3-5-10(9)14/h2-5,7,11,17H,6H2,1H3,(H,15,18). The summed E-state index contributed by atoms with van der Waals surface area (Å²) in [4.78, 5) is 15.6. The quantitative estimate of drug-likeness (QED) is 0.899. The zero-order valence-corrected chi connectivity index (χ0v) is 11.0. The lowest BCUT2D eigenvalue weighted by Crippen LogP contribution is -2.29. The van der Waals surface area contributed by atoms with E-state index in [1.165, 1.54) is 6.39 Å². The van der Waals surface area contributed by atoms with Crippen LogP contribution in [0.1, 0.15) is 27.9 Å². The lowest BCUT2D eigenvalue weighted by atomic mass is 10.1. The van der Waals surface area contributed by atoms with Crippen LogP contribution in [-0.2, 0) is 0 Å². The highest BCUT2D eigenvalue weighted by Gasteiger charge is 2.16. The Morgan fingerprint density at radius 1 is 1.53 bits per heavy atom. The maximum Gasteiger partial charge on any atom is 0.273 e. The molecule has 1 amide bonds. The van der Waals surface area contributed by atoms with Gasteiger partial charge >= 0.3 is 0 Å². The van der Waals surface area contributed by atoms with E-state index in [-0.39, 0.29) is 12.2 Å². The fourth-order valence-corrected chi connectivity index (χ4v) is 1.91. The third kappa shape index (κ3) is 3.13. The molecular weight excluding hydrogens is 268 g/mol. The minimum absolute atomic E-state index is 0.0505. The van der Waals surface area contributed by atoms with Crippen molar-refractivity contribution in [3.05, 3.63) is 52.7 Å². The van der Waals surface area contributed by atoms with Crippen molar-refractivity contribution in [1.29, 1.82) is 0 Å². The number of aromatic nitrogens is 1. The second kappa shape index (κ2) is 5.86. The third-order valence-electron chi connectivity index (χ3n) is 2.68. The summed E-state index contributed by atoms with van der Waals surface area (Å²) in [5, 5.41) is 13.0. The molecule has 0 aliphatic carbocycles. The van der Waals surface area contributed by atoms with Gasteiger partial charge in [-0.05, 0) is 13.0 Å². The Morgan fingerprint density at radius 3 is 2.89 bits per heavy atom. The largest absolute Gasteiger partial charge is 0.448 e. The molecule has 2 rings (SSSR count). The average Bonchev–Trinajstić information content (AvgIpc) is 2.82. The lowest BCUT2D eigenvalue weighted by Gasteiger charge is -2.13. The van der Waals surface area contributed by atoms with Gasteiger partial charge in [-0.25, -0.2) is 4.98 Å². The number of hydrogen-bond acceptors (Lipinski definition) is 4. The number of aryl methyl sites for hydroxylation is 1. The van der Waals surface area contributed by atoms with Gasteiger partial charge in [0.05, 0.1) is 6.10 Å². The van der Waals surface area contributed by atoms with E-state index in [4.69, 9.17) is 16.0 Å². The second-order valence-electron chi connectivity index (χ2n) is 4.00. The van der Waals surface area contributed by atoms with Gasteiger partial charge in [0.2, 0.25) is 0 Å². The summed E-state index contributed by atoms with van der Waals surface area (Å²) in [5.74, 6) is 0.0436. The van der Waals surface area contributed by atoms with Gasteiger partial charge in [0.15, 0.2) is 12.1 Å². The number of rotatable bonds is 4. The molecular formula is C13H13ClN2O3. The van der Waals surface area contributed by atoms with Crippen LogP contribution in [0, 0.1) is 6.92 Å². The number of oxazole rings is 1. The van der Waals surface area contributed by atoms with Crippen LogP contribution in [0.2, 0.25) is 5.02 Å². The fraction of sp³-hybridized carbons (Fsp3) is 0.231. The SMILES string of the molecule is Cc1ocnc1C(=O)NCC(O)c1ccccc1Cl. The Labute approximate surface area is 115 Å². The van der Waals surface area contributed by atoms with Crippen molar-refractivity contribution in [2.45, 2.75) is 13.0 Å². The molecule has 0 aliphatic heterocycles. The summed E-state index contributed by atoms with van der Waals surface area (Å²) in [5.41, 5.74) is 0.785. The number of aliphatic hydroxyl groups excluding tert-OH is 1. The number of aliphatic hydroxyl groups is 1. The number of hydrogen-bond donors (Lipinski definition) is 2. The van der Waals surface area contributed by atoms with Crippen molar-refractivity contribution in [2.75, 3.05) is 6.54 Å². The molecule has 19 heavy (non-hydrogen) atoms. The van der Waals surface area contributed by atoms with E-state index >= 15 is 0 Å². The molecule has 1 aromatic heterocycles. The molecule has 6 heteroatoms. The van der Waals surface area contributed by atoms with Crippen LogP contribution in [0.5, 0.6) is 0 Å². The third-order valence-corrected chi connectivity index (χ3v) is 3.02. The van der Waals surface area contributed by atoms with Crippen LogP contribution in [0.3, 0.4) is 0 Å². The Balaban J connectivity index is 1.98. The molecule has 0 bridgehead atoms. The monoisotopic (exact) mass is 280 g/mol. The predicted octanol–water partition coefficient (Wildman–Crippen LogP) is 2.10. The van der Waals surface area contributed by atoms with E-state index in [0.717, 1.165) is 0 Å². The number of amides is 1. The Morgan fingerprint density at radius 2 is 2.26 bits per heavy atom. The highest BCUT2D eigenvalue weighted by Crippen LogP contribution is 2.21. The Bertz CT molecular complexity index is 583. The minimum Gasteiger partial charge on any atom is -0.448 e. The van der Waals surface area contributed by atoms with E-state index in [0.29, 0.717) is 16.3 Å². The topological polar surface area (TPSA) is 75.4 Å². The molecule has 1 aromatic carbocycles. The Kier molecular flexibility index (Phi) is 4.19. The molecule has 1 atom stereocenters. The zero-order chi connectivity index (χ0) is 13.8. The van der Waals surface area contributed by atoms with Gasteiger partial charge in [-0.2, -0.15) is 0 Å². The number of benzene rings is 1. The highest BCUT2D eigenvalue weighted by molar-refractivity contribution is 6.31. The van der Waals surface area contributed by atoms with Crippen molar-refractivity contribution in [2.24, 2.45) is 0 Å². The van der Waals surface area contributed by atoms with Gasteiger partial charge in [0, 0.05) is 17.1 Å². The van der Waals surface area contributed by atoms with E-state index in [1.807, 2.05) is 0 Å². The van der Waals surface area contributed by atoms with Gasteiger partial charge in [-0.15, -0.1) is 0 Å². The molecule has 100 valence electrons. The molecule has 0 saturated heterocycles. The smallest absolute Gasteiger partial charge is 0.273 e. The van der Waals surface area contributed by atoms with E-state index < -0.39 is 12.0 Å². The first-order chi connectivity index (χ1) is 9.09. The molecule has 2 N–H and O–H groups in total. The number of nitrogens with one attached hydrogen (secondary N) is 1. The Hall–Kier alpha value is -1.85. The van der Waals surface area contributed by atoms with E-state index in [2.05, 4.69) is 10.3 Å². The van der Waals surface area contributed by atoms with Gasteiger partial charge in [0.1, 0.15) is 5.76 Å². The van der Waals surface area contributed by atoms with Crippen LogP contribution in [0.4, 0.5) is 0 Å². The number of carbonyl (C=O) groups is 1. The molecule has 0 saturated carbocycles. The maximum absolute atomic E-state index is 11.8. The second-order valence-corrected chi connectivity index (χ2v) is 4.41. The van der Waals surface area contributed by atoms with Crippen LogP contribution in [0.15, 0.2) is 35.1 Å². The summed E-state index contributed by atoms with van der Waals surface area (Å²) < 4.78 is 4.94. The number of nitrogens with zero attached hydrogens (tertiary/aromatic N) is 1. The molecule has 0 fully saturated rings. The van der Waals surface area contributed by atoms with Gasteiger partial charge in [-0.3, -0.25) is 4.79 Å². The van der Waals surface area contributed by atoms with Crippen LogP contribution in [0.25, 0.3) is 0 Å². The van der Waals surface area contributed by atoms with Crippen molar-refractivity contribution in [3.8, 4) is 0 Å². The summed E-state index contributed by atoms with van der Waals surface area (Å²) in [7, 11) is 0. The number of carbonyl (C=O) groups excluding carboxylic acids is 1. The van der Waals surface area contributed by atoms with Crippen molar-refractivity contribution >= 4 is 17.5 Å². The predicted molar refractivity (Wildman–Crippen MR) is 70.0 cm³/mol. The molecule has 5 nitrogen and oxygen atoms in total. The van der Waals surface area contributed by atoms with E-state index in [9.17, 15) is 9.90 Å². The maximum atomic E-state index is 11.8. The lowest BCUT2D eigenvalue weighted by molar-refractivity contribution is 0.0910. The molecule has 1 heterocycles. The van der Waals surface area contributed by atoms with Crippen molar-refractivity contribution < 1.29 is 14.3 Å². The molecule has 2 aromatic rings. The molecule has 0 spiro atoms. The highest BCUT2D eigenvalue weighted by atomic mass is 35.5. The summed E-state index contributed by atoms with van der Waals surface area (Å²) in [6, 6.07) is 6.94. The molecule has 0 aliphatic rings. The first kappa shape index (κ1) is 13.6. The zero-order valence-electron chi connectivity index (χ0n) is 10.3. The first-order valence-corrected chi connectivity index (χ1v) is 6.08. The summed E-state index contributed by atoms with van der Waals surface area (Å²) in [6.45, 7) is 1.70. The number of halogens is 1. The van der Waals surface area contributed by atoms with Gasteiger partial charge in [0.25, 0.3) is 5.91 Å². The minimum atomic E-state index is -0.871. The van der Waals surface area contributed by atoms with Crippen LogP contribution >= 0.6 is 11.6 Å². The first-order valence-electron chi connectivity index (χ1n) is 5.70.